The van der Waals surface area contributed by atoms with E-state index >= 15 is 0 Å². The molecule has 0 amide bonds. The third-order valence-electron chi connectivity index (χ3n) is 2.15. The molecule has 0 unspecified atom stereocenters. The standard InChI is InChI=1S/C12H10N2O/c1-9(15)11-7-8-13-14-12(11)10-5-3-2-4-6-10/h2-8H,1H3. The van der Waals surface area contributed by atoms with Gasteiger partial charge in [0.05, 0.1) is 6.20 Å². The lowest BCUT2D eigenvalue weighted by Gasteiger charge is -2.03. The number of hydrogen-bond donors (Lipinski definition) is 0. The van der Waals surface area contributed by atoms with Gasteiger partial charge in [-0.2, -0.15) is 5.10 Å². The second kappa shape index (κ2) is 4.00. The van der Waals surface area contributed by atoms with Crippen molar-refractivity contribution in [2.75, 3.05) is 0 Å². The maximum absolute atomic E-state index is 11.4. The smallest absolute Gasteiger partial charge is 0.162 e. The molecule has 0 aliphatic rings. The largest absolute Gasteiger partial charge is 0.294 e. The summed E-state index contributed by atoms with van der Waals surface area (Å²) in [6.07, 6.45) is 1.53. The summed E-state index contributed by atoms with van der Waals surface area (Å²) in [5.41, 5.74) is 2.16. The van der Waals surface area contributed by atoms with Crippen molar-refractivity contribution >= 4 is 5.78 Å². The third kappa shape index (κ3) is 1.91. The Balaban J connectivity index is 2.58. The first-order valence-electron chi connectivity index (χ1n) is 4.67. The topological polar surface area (TPSA) is 42.9 Å². The molecule has 0 bridgehead atoms. The van der Waals surface area contributed by atoms with E-state index in [0.717, 1.165) is 5.56 Å². The number of carbonyl (C=O) groups is 1. The van der Waals surface area contributed by atoms with Crippen molar-refractivity contribution in [3.63, 3.8) is 0 Å². The number of Topliss-reactive ketones (excluding diaryl/α,β-unsaturated/α-hetero) is 1. The first kappa shape index (κ1) is 9.52. The molecule has 0 aliphatic carbocycles. The van der Waals surface area contributed by atoms with Crippen LogP contribution in [0.5, 0.6) is 0 Å². The Morgan fingerprint density at radius 1 is 1.13 bits per heavy atom. The van der Waals surface area contributed by atoms with Crippen molar-refractivity contribution in [1.82, 2.24) is 10.2 Å². The van der Waals surface area contributed by atoms with Crippen molar-refractivity contribution in [3.8, 4) is 11.3 Å². The summed E-state index contributed by atoms with van der Waals surface area (Å²) in [6.45, 7) is 1.53. The molecule has 0 N–H and O–H groups in total. The Bertz CT molecular complexity index is 480. The van der Waals surface area contributed by atoms with Gasteiger partial charge in [-0.1, -0.05) is 30.3 Å². The molecule has 0 saturated heterocycles. The summed E-state index contributed by atoms with van der Waals surface area (Å²) in [6, 6.07) is 11.3. The lowest BCUT2D eigenvalue weighted by molar-refractivity contribution is 0.101. The average molecular weight is 198 g/mol. The number of rotatable bonds is 2. The summed E-state index contributed by atoms with van der Waals surface area (Å²) in [4.78, 5) is 11.4. The van der Waals surface area contributed by atoms with Gasteiger partial charge in [-0.25, -0.2) is 0 Å². The number of ketones is 1. The molecule has 0 fully saturated rings. The van der Waals surface area contributed by atoms with E-state index in [4.69, 9.17) is 0 Å². The van der Waals surface area contributed by atoms with E-state index in [1.54, 1.807) is 6.07 Å². The van der Waals surface area contributed by atoms with Gasteiger partial charge < -0.3 is 0 Å². The molecule has 0 aliphatic heterocycles. The molecule has 3 heteroatoms. The van der Waals surface area contributed by atoms with Crippen molar-refractivity contribution in [2.45, 2.75) is 6.92 Å². The number of carbonyl (C=O) groups excluding carboxylic acids is 1. The van der Waals surface area contributed by atoms with Crippen molar-refractivity contribution in [3.05, 3.63) is 48.2 Å². The maximum atomic E-state index is 11.4. The van der Waals surface area contributed by atoms with Gasteiger partial charge in [0.15, 0.2) is 5.78 Å². The highest BCUT2D eigenvalue weighted by Gasteiger charge is 2.09. The van der Waals surface area contributed by atoms with E-state index in [2.05, 4.69) is 10.2 Å². The van der Waals surface area contributed by atoms with Crippen LogP contribution in [0, 0.1) is 0 Å². The van der Waals surface area contributed by atoms with Gasteiger partial charge in [0, 0.05) is 11.1 Å². The van der Waals surface area contributed by atoms with Gasteiger partial charge in [0.25, 0.3) is 0 Å². The monoisotopic (exact) mass is 198 g/mol. The van der Waals surface area contributed by atoms with Crippen LogP contribution in [0.1, 0.15) is 17.3 Å². The first-order valence-corrected chi connectivity index (χ1v) is 4.67. The van der Waals surface area contributed by atoms with Crippen molar-refractivity contribution < 1.29 is 4.79 Å². The van der Waals surface area contributed by atoms with Crippen LogP contribution in [0.4, 0.5) is 0 Å². The van der Waals surface area contributed by atoms with Crippen molar-refractivity contribution in [1.29, 1.82) is 0 Å². The van der Waals surface area contributed by atoms with Crippen LogP contribution in [0.15, 0.2) is 42.6 Å². The summed E-state index contributed by atoms with van der Waals surface area (Å²) < 4.78 is 0. The molecule has 0 spiro atoms. The van der Waals surface area contributed by atoms with Gasteiger partial charge in [-0.15, -0.1) is 5.10 Å². The molecule has 2 aromatic rings. The predicted molar refractivity (Wildman–Crippen MR) is 57.5 cm³/mol. The highest BCUT2D eigenvalue weighted by atomic mass is 16.1. The van der Waals surface area contributed by atoms with Gasteiger partial charge in [0.1, 0.15) is 5.69 Å². The highest BCUT2D eigenvalue weighted by molar-refractivity contribution is 5.99. The SMILES string of the molecule is CC(=O)c1ccnnc1-c1ccccc1. The van der Waals surface area contributed by atoms with Gasteiger partial charge >= 0.3 is 0 Å². The molecule has 1 aromatic heterocycles. The Morgan fingerprint density at radius 2 is 1.87 bits per heavy atom. The molecular weight excluding hydrogens is 188 g/mol. The van der Waals surface area contributed by atoms with Crippen LogP contribution in [0.3, 0.4) is 0 Å². The van der Waals surface area contributed by atoms with Crippen LogP contribution in [-0.2, 0) is 0 Å². The number of aromatic nitrogens is 2. The quantitative estimate of drug-likeness (QED) is 0.695. The molecule has 1 aromatic carbocycles. The average Bonchev–Trinajstić information content (AvgIpc) is 2.30. The van der Waals surface area contributed by atoms with Crippen LogP contribution >= 0.6 is 0 Å². The Hall–Kier alpha value is -2.03. The summed E-state index contributed by atoms with van der Waals surface area (Å²) >= 11 is 0. The maximum Gasteiger partial charge on any atom is 0.162 e. The van der Waals surface area contributed by atoms with Crippen LogP contribution in [-0.4, -0.2) is 16.0 Å². The minimum atomic E-state index is 0.00348. The fourth-order valence-corrected chi connectivity index (χ4v) is 1.43. The van der Waals surface area contributed by atoms with E-state index in [1.165, 1.54) is 13.1 Å². The van der Waals surface area contributed by atoms with E-state index in [9.17, 15) is 4.79 Å². The summed E-state index contributed by atoms with van der Waals surface area (Å²) in [7, 11) is 0. The molecule has 74 valence electrons. The van der Waals surface area contributed by atoms with Crippen LogP contribution in [0.25, 0.3) is 11.3 Å². The minimum Gasteiger partial charge on any atom is -0.294 e. The Morgan fingerprint density at radius 3 is 2.53 bits per heavy atom. The van der Waals surface area contributed by atoms with Gasteiger partial charge in [-0.05, 0) is 13.0 Å². The lowest BCUT2D eigenvalue weighted by atomic mass is 10.0. The molecule has 1 heterocycles. The number of nitrogens with zero attached hydrogens (tertiary/aromatic N) is 2. The zero-order valence-electron chi connectivity index (χ0n) is 8.34. The predicted octanol–water partition coefficient (Wildman–Crippen LogP) is 2.35. The van der Waals surface area contributed by atoms with Crippen LogP contribution in [0.2, 0.25) is 0 Å². The Labute approximate surface area is 87.8 Å². The van der Waals surface area contributed by atoms with Crippen molar-refractivity contribution in [2.24, 2.45) is 0 Å². The summed E-state index contributed by atoms with van der Waals surface area (Å²) in [5.74, 6) is 0.00348. The van der Waals surface area contributed by atoms with E-state index in [-0.39, 0.29) is 5.78 Å². The summed E-state index contributed by atoms with van der Waals surface area (Å²) in [5, 5.41) is 7.80. The highest BCUT2D eigenvalue weighted by Crippen LogP contribution is 2.19. The van der Waals surface area contributed by atoms with Gasteiger partial charge in [0.2, 0.25) is 0 Å². The van der Waals surface area contributed by atoms with Crippen LogP contribution < -0.4 is 0 Å². The third-order valence-corrected chi connectivity index (χ3v) is 2.15. The molecule has 0 atom stereocenters. The fourth-order valence-electron chi connectivity index (χ4n) is 1.43. The molecule has 15 heavy (non-hydrogen) atoms. The van der Waals surface area contributed by atoms with E-state index in [0.29, 0.717) is 11.3 Å². The second-order valence-electron chi connectivity index (χ2n) is 3.22. The molecule has 3 nitrogen and oxygen atoms in total. The molecule has 0 radical (unpaired) electrons. The zero-order valence-corrected chi connectivity index (χ0v) is 8.34. The second-order valence-corrected chi connectivity index (χ2v) is 3.22. The normalized spacial score (nSPS) is 9.93. The lowest BCUT2D eigenvalue weighted by Crippen LogP contribution is -1.99. The molecule has 0 saturated carbocycles. The first-order chi connectivity index (χ1) is 7.29. The molecular formula is C12H10N2O. The van der Waals surface area contributed by atoms with E-state index < -0.39 is 0 Å². The molecule has 2 rings (SSSR count). The zero-order chi connectivity index (χ0) is 10.7. The van der Waals surface area contributed by atoms with Gasteiger partial charge in [-0.3, -0.25) is 4.79 Å². The number of benzene rings is 1. The fraction of sp³-hybridized carbons (Fsp3) is 0.0833. The number of hydrogen-bond acceptors (Lipinski definition) is 3. The Kier molecular flexibility index (Phi) is 2.54. The van der Waals surface area contributed by atoms with E-state index in [1.807, 2.05) is 30.3 Å². The minimum absolute atomic E-state index is 0.00348.